The molecule has 2 N–H and O–H groups in total. The van der Waals surface area contributed by atoms with Crippen LogP contribution in [0.4, 0.5) is 0 Å². The predicted molar refractivity (Wildman–Crippen MR) is 104 cm³/mol. The third kappa shape index (κ3) is 2.93. The minimum absolute atomic E-state index is 0.0143. The van der Waals surface area contributed by atoms with Crippen LogP contribution in [-0.4, -0.2) is 54.7 Å². The number of carbonyl (C=O) groups excluding carboxylic acids is 1. The summed E-state index contributed by atoms with van der Waals surface area (Å²) in [4.78, 5) is 18.2. The number of amides is 1. The van der Waals surface area contributed by atoms with Crippen LogP contribution in [0.2, 0.25) is 0 Å². The number of fused-ring (bicyclic) bond motifs is 2. The Morgan fingerprint density at radius 2 is 2.27 bits per heavy atom. The van der Waals surface area contributed by atoms with Gasteiger partial charge in [-0.1, -0.05) is 19.1 Å². The summed E-state index contributed by atoms with van der Waals surface area (Å²) in [5, 5.41) is 4.61. The number of carbonyl (C=O) groups is 1. The number of hydrogen-bond acceptors (Lipinski definition) is 3. The van der Waals surface area contributed by atoms with E-state index in [9.17, 15) is 4.79 Å². The van der Waals surface area contributed by atoms with Crippen molar-refractivity contribution in [1.82, 2.24) is 15.2 Å². The van der Waals surface area contributed by atoms with Crippen molar-refractivity contribution in [2.75, 3.05) is 26.8 Å². The fourth-order valence-corrected chi connectivity index (χ4v) is 5.12. The second-order valence-corrected chi connectivity index (χ2v) is 7.80. The number of hydrogen-bond donors (Lipinski definition) is 2. The topological polar surface area (TPSA) is 57.4 Å². The van der Waals surface area contributed by atoms with Gasteiger partial charge in [-0.2, -0.15) is 0 Å². The van der Waals surface area contributed by atoms with Crippen molar-refractivity contribution >= 4 is 16.8 Å². The first kappa shape index (κ1) is 17.6. The second kappa shape index (κ2) is 7.05. The van der Waals surface area contributed by atoms with Gasteiger partial charge in [0.15, 0.2) is 0 Å². The summed E-state index contributed by atoms with van der Waals surface area (Å²) in [5.74, 6) is 0.453. The number of piperidine rings is 1. The first-order chi connectivity index (χ1) is 12.6. The van der Waals surface area contributed by atoms with Gasteiger partial charge in [0.2, 0.25) is 5.91 Å². The molecule has 5 nitrogen and oxygen atoms in total. The van der Waals surface area contributed by atoms with Crippen LogP contribution < -0.4 is 5.32 Å². The zero-order valence-corrected chi connectivity index (χ0v) is 16.0. The zero-order chi connectivity index (χ0) is 18.3. The molecular formula is C21H29N3O2. The fraction of sp³-hybridized carbons (Fsp3) is 0.571. The van der Waals surface area contributed by atoms with E-state index in [0.29, 0.717) is 12.0 Å². The maximum absolute atomic E-state index is 12.1. The smallest absolute Gasteiger partial charge is 0.246 e. The minimum atomic E-state index is -0.0143. The Kier molecular flexibility index (Phi) is 4.76. The molecule has 1 aromatic heterocycles. The number of aromatic amines is 1. The molecule has 3 atom stereocenters. The van der Waals surface area contributed by atoms with Gasteiger partial charge in [0.1, 0.15) is 6.61 Å². The van der Waals surface area contributed by atoms with Crippen LogP contribution in [0.3, 0.4) is 0 Å². The lowest BCUT2D eigenvalue weighted by atomic mass is 9.73. The summed E-state index contributed by atoms with van der Waals surface area (Å²) >= 11 is 0. The van der Waals surface area contributed by atoms with Crippen molar-refractivity contribution in [3.05, 3.63) is 35.0 Å². The molecule has 140 valence electrons. The number of aryl methyl sites for hydroxylation is 1. The summed E-state index contributed by atoms with van der Waals surface area (Å²) in [7, 11) is 1.57. The van der Waals surface area contributed by atoms with Crippen molar-refractivity contribution in [1.29, 1.82) is 0 Å². The number of likely N-dealkylation sites (tertiary alicyclic amines) is 1. The van der Waals surface area contributed by atoms with E-state index in [4.69, 9.17) is 4.74 Å². The molecule has 2 aromatic rings. The Hall–Kier alpha value is -1.85. The largest absolute Gasteiger partial charge is 0.375 e. The SMILES string of the molecule is CCCN1C[C@@H](NC(=O)COC)C[C@@H]2c3cccc4[nH]c(C)c(c34)C[C@H]21. The lowest BCUT2D eigenvalue weighted by molar-refractivity contribution is -0.126. The number of aromatic nitrogens is 1. The van der Waals surface area contributed by atoms with Crippen molar-refractivity contribution in [2.45, 2.75) is 51.1 Å². The molecule has 1 fully saturated rings. The molecule has 1 aromatic carbocycles. The molecule has 2 aliphatic rings. The molecule has 0 radical (unpaired) electrons. The molecule has 1 aliphatic carbocycles. The van der Waals surface area contributed by atoms with Crippen molar-refractivity contribution < 1.29 is 9.53 Å². The highest BCUT2D eigenvalue weighted by Gasteiger charge is 2.41. The molecule has 4 rings (SSSR count). The van der Waals surface area contributed by atoms with E-state index in [-0.39, 0.29) is 18.6 Å². The van der Waals surface area contributed by atoms with Gasteiger partial charge in [-0.15, -0.1) is 0 Å². The number of nitrogens with zero attached hydrogens (tertiary/aromatic N) is 1. The highest BCUT2D eigenvalue weighted by molar-refractivity contribution is 5.89. The van der Waals surface area contributed by atoms with Crippen LogP contribution in [-0.2, 0) is 16.0 Å². The van der Waals surface area contributed by atoms with Crippen LogP contribution in [0.1, 0.15) is 42.5 Å². The van der Waals surface area contributed by atoms with Crippen LogP contribution in [0.25, 0.3) is 10.9 Å². The third-order valence-corrected chi connectivity index (χ3v) is 6.06. The molecule has 0 saturated carbocycles. The van der Waals surface area contributed by atoms with Gasteiger partial charge in [0.25, 0.3) is 0 Å². The van der Waals surface area contributed by atoms with E-state index in [2.05, 4.69) is 47.2 Å². The second-order valence-electron chi connectivity index (χ2n) is 7.80. The number of ether oxygens (including phenoxy) is 1. The quantitative estimate of drug-likeness (QED) is 0.867. The van der Waals surface area contributed by atoms with Crippen LogP contribution >= 0.6 is 0 Å². The first-order valence-electron chi connectivity index (χ1n) is 9.74. The third-order valence-electron chi connectivity index (χ3n) is 6.06. The van der Waals surface area contributed by atoms with E-state index >= 15 is 0 Å². The standard InChI is InChI=1S/C21H29N3O2/c1-4-8-24-11-14(23-20(25)12-26-3)9-17-15-6-5-7-18-21(15)16(10-19(17)24)13(2)22-18/h5-7,14,17,19,22H,4,8-12H2,1-3H3,(H,23,25)/t14-,17+,19+/m0/s1. The van der Waals surface area contributed by atoms with Gasteiger partial charge in [-0.25, -0.2) is 0 Å². The van der Waals surface area contributed by atoms with Gasteiger partial charge in [-0.3, -0.25) is 9.69 Å². The molecule has 0 unspecified atom stereocenters. The maximum atomic E-state index is 12.1. The Morgan fingerprint density at radius 3 is 3.04 bits per heavy atom. The Labute approximate surface area is 155 Å². The van der Waals surface area contributed by atoms with Crippen molar-refractivity contribution in [2.24, 2.45) is 0 Å². The molecule has 0 bridgehead atoms. The van der Waals surface area contributed by atoms with Gasteiger partial charge in [-0.05, 0) is 49.9 Å². The molecule has 0 spiro atoms. The molecular weight excluding hydrogens is 326 g/mol. The monoisotopic (exact) mass is 355 g/mol. The van der Waals surface area contributed by atoms with Crippen LogP contribution in [0, 0.1) is 6.92 Å². The average Bonchev–Trinajstić information content (AvgIpc) is 2.93. The Bertz CT molecular complexity index is 813. The normalized spacial score (nSPS) is 25.3. The summed E-state index contributed by atoms with van der Waals surface area (Å²) < 4.78 is 4.99. The van der Waals surface area contributed by atoms with E-state index in [1.54, 1.807) is 7.11 Å². The highest BCUT2D eigenvalue weighted by atomic mass is 16.5. The lowest BCUT2D eigenvalue weighted by Gasteiger charge is -2.47. The van der Waals surface area contributed by atoms with E-state index < -0.39 is 0 Å². The Morgan fingerprint density at radius 1 is 1.42 bits per heavy atom. The van der Waals surface area contributed by atoms with Gasteiger partial charge in [0.05, 0.1) is 0 Å². The number of nitrogens with one attached hydrogen (secondary N) is 2. The summed E-state index contributed by atoms with van der Waals surface area (Å²) in [6.07, 6.45) is 3.24. The number of H-pyrrole nitrogens is 1. The molecule has 2 heterocycles. The lowest BCUT2D eigenvalue weighted by Crippen LogP contribution is -2.56. The van der Waals surface area contributed by atoms with E-state index in [1.807, 2.05) is 0 Å². The fourth-order valence-electron chi connectivity index (χ4n) is 5.12. The highest BCUT2D eigenvalue weighted by Crippen LogP contribution is 2.44. The van der Waals surface area contributed by atoms with Crippen LogP contribution in [0.15, 0.2) is 18.2 Å². The summed E-state index contributed by atoms with van der Waals surface area (Å²) in [6, 6.07) is 7.34. The van der Waals surface area contributed by atoms with Crippen LogP contribution in [0.5, 0.6) is 0 Å². The summed E-state index contributed by atoms with van der Waals surface area (Å²) in [5.41, 5.74) is 5.49. The number of methoxy groups -OCH3 is 1. The van der Waals surface area contributed by atoms with Crippen molar-refractivity contribution in [3.63, 3.8) is 0 Å². The number of rotatable bonds is 5. The van der Waals surface area contributed by atoms with Crippen molar-refractivity contribution in [3.8, 4) is 0 Å². The Balaban J connectivity index is 1.69. The molecule has 26 heavy (non-hydrogen) atoms. The number of benzene rings is 1. The van der Waals surface area contributed by atoms with Gasteiger partial charge < -0.3 is 15.0 Å². The van der Waals surface area contributed by atoms with Gasteiger partial charge in [0, 0.05) is 48.3 Å². The zero-order valence-electron chi connectivity index (χ0n) is 16.0. The van der Waals surface area contributed by atoms with E-state index in [1.165, 1.54) is 27.7 Å². The predicted octanol–water partition coefficient (Wildman–Crippen LogP) is 2.73. The molecule has 1 amide bonds. The molecule has 1 saturated heterocycles. The first-order valence-corrected chi connectivity index (χ1v) is 9.74. The maximum Gasteiger partial charge on any atom is 0.246 e. The summed E-state index contributed by atoms with van der Waals surface area (Å²) in [6.45, 7) is 6.57. The minimum Gasteiger partial charge on any atom is -0.375 e. The van der Waals surface area contributed by atoms with E-state index in [0.717, 1.165) is 32.4 Å². The van der Waals surface area contributed by atoms with Gasteiger partial charge >= 0.3 is 0 Å². The molecule has 1 aliphatic heterocycles. The average molecular weight is 355 g/mol. The molecule has 5 heteroatoms.